The van der Waals surface area contributed by atoms with Gasteiger partial charge in [0.1, 0.15) is 11.9 Å². The number of hydrogen-bond acceptors (Lipinski definition) is 4. The molecule has 0 aromatic heterocycles. The molecular weight excluding hydrogens is 469 g/mol. The zero-order valence-electron chi connectivity index (χ0n) is 21.1. The van der Waals surface area contributed by atoms with Gasteiger partial charge in [0.2, 0.25) is 21.8 Å². The van der Waals surface area contributed by atoms with Gasteiger partial charge in [0.15, 0.2) is 0 Å². The van der Waals surface area contributed by atoms with E-state index >= 15 is 0 Å². The average Bonchev–Trinajstić information content (AvgIpc) is 2.78. The Morgan fingerprint density at radius 3 is 2.34 bits per heavy atom. The van der Waals surface area contributed by atoms with Crippen LogP contribution >= 0.6 is 0 Å². The molecule has 192 valence electrons. The van der Waals surface area contributed by atoms with Crippen LogP contribution in [-0.2, 0) is 26.2 Å². The molecule has 0 spiro atoms. The van der Waals surface area contributed by atoms with Crippen LogP contribution < -0.4 is 9.62 Å². The third kappa shape index (κ3) is 8.65. The third-order valence-electron chi connectivity index (χ3n) is 5.56. The van der Waals surface area contributed by atoms with Crippen molar-refractivity contribution in [3.8, 4) is 0 Å². The minimum absolute atomic E-state index is 0.00802. The number of nitrogens with zero attached hydrogens (tertiary/aromatic N) is 2. The maximum Gasteiger partial charge on any atom is 0.242 e. The molecule has 0 fully saturated rings. The molecule has 2 rings (SSSR count). The molecule has 0 saturated carbocycles. The van der Waals surface area contributed by atoms with Crippen LogP contribution in [0.4, 0.5) is 10.1 Å². The summed E-state index contributed by atoms with van der Waals surface area (Å²) >= 11 is 0. The van der Waals surface area contributed by atoms with Gasteiger partial charge in [0.05, 0.1) is 11.9 Å². The minimum atomic E-state index is -3.75. The van der Waals surface area contributed by atoms with Gasteiger partial charge in [-0.25, -0.2) is 12.8 Å². The number of sulfonamides is 1. The molecule has 1 N–H and O–H groups in total. The van der Waals surface area contributed by atoms with E-state index in [1.165, 1.54) is 23.1 Å². The smallest absolute Gasteiger partial charge is 0.242 e. The maximum absolute atomic E-state index is 14.3. The van der Waals surface area contributed by atoms with Gasteiger partial charge in [-0.1, -0.05) is 55.8 Å². The number of para-hydroxylation sites is 1. The van der Waals surface area contributed by atoms with Gasteiger partial charge in [-0.2, -0.15) is 0 Å². The zero-order valence-corrected chi connectivity index (χ0v) is 21.9. The first-order valence-corrected chi connectivity index (χ1v) is 13.6. The number of benzene rings is 2. The van der Waals surface area contributed by atoms with Gasteiger partial charge in [0.25, 0.3) is 0 Å². The number of anilines is 1. The molecule has 0 saturated heterocycles. The molecule has 9 heteroatoms. The summed E-state index contributed by atoms with van der Waals surface area (Å²) in [6.45, 7) is 8.31. The Morgan fingerprint density at radius 1 is 1.06 bits per heavy atom. The number of rotatable bonds is 12. The fourth-order valence-corrected chi connectivity index (χ4v) is 4.64. The molecule has 0 aliphatic rings. The number of carbonyl (C=O) groups excluding carboxylic acids is 2. The fraction of sp³-hybridized carbons (Fsp3) is 0.462. The lowest BCUT2D eigenvalue weighted by Crippen LogP contribution is -2.48. The number of nitrogens with one attached hydrogen (secondary N) is 1. The Labute approximate surface area is 208 Å². The Hall–Kier alpha value is -2.94. The highest BCUT2D eigenvalue weighted by Crippen LogP contribution is 2.22. The third-order valence-corrected chi connectivity index (χ3v) is 6.74. The van der Waals surface area contributed by atoms with E-state index in [0.717, 1.165) is 21.7 Å². The van der Waals surface area contributed by atoms with Crippen LogP contribution in [0, 0.1) is 18.7 Å². The number of amides is 2. The monoisotopic (exact) mass is 505 g/mol. The Morgan fingerprint density at radius 2 is 1.74 bits per heavy atom. The summed E-state index contributed by atoms with van der Waals surface area (Å²) in [5.41, 5.74) is 1.88. The summed E-state index contributed by atoms with van der Waals surface area (Å²) in [6, 6.07) is 12.6. The first-order chi connectivity index (χ1) is 16.4. The van der Waals surface area contributed by atoms with E-state index in [2.05, 4.69) is 5.32 Å². The molecular formula is C26H36FN3O4S. The van der Waals surface area contributed by atoms with Crippen molar-refractivity contribution >= 4 is 27.5 Å². The first-order valence-electron chi connectivity index (χ1n) is 11.7. The summed E-state index contributed by atoms with van der Waals surface area (Å²) in [5.74, 6) is -0.905. The van der Waals surface area contributed by atoms with Crippen LogP contribution in [0.5, 0.6) is 0 Å². The van der Waals surface area contributed by atoms with Crippen molar-refractivity contribution in [1.82, 2.24) is 10.2 Å². The molecule has 2 aromatic rings. The van der Waals surface area contributed by atoms with E-state index in [4.69, 9.17) is 0 Å². The normalized spacial score (nSPS) is 12.3. The van der Waals surface area contributed by atoms with E-state index < -0.39 is 21.9 Å². The Bertz CT molecular complexity index is 1120. The van der Waals surface area contributed by atoms with Crippen LogP contribution in [0.3, 0.4) is 0 Å². The van der Waals surface area contributed by atoms with Gasteiger partial charge in [0, 0.05) is 26.1 Å². The largest absolute Gasteiger partial charge is 0.354 e. The van der Waals surface area contributed by atoms with E-state index in [0.29, 0.717) is 6.54 Å². The molecule has 2 aromatic carbocycles. The summed E-state index contributed by atoms with van der Waals surface area (Å²) in [6.07, 6.45) is 1.19. The summed E-state index contributed by atoms with van der Waals surface area (Å²) in [5, 5.41) is 2.87. The quantitative estimate of drug-likeness (QED) is 0.475. The molecule has 0 aliphatic carbocycles. The lowest BCUT2D eigenvalue weighted by atomic mass is 10.1. The van der Waals surface area contributed by atoms with Gasteiger partial charge in [-0.15, -0.1) is 0 Å². The Balaban J connectivity index is 2.17. The average molecular weight is 506 g/mol. The van der Waals surface area contributed by atoms with E-state index in [9.17, 15) is 22.4 Å². The zero-order chi connectivity index (χ0) is 26.2. The number of aryl methyl sites for hydroxylation is 1. The predicted octanol–water partition coefficient (Wildman–Crippen LogP) is 3.87. The van der Waals surface area contributed by atoms with Crippen molar-refractivity contribution in [2.24, 2.45) is 5.92 Å². The van der Waals surface area contributed by atoms with Crippen molar-refractivity contribution in [1.29, 1.82) is 0 Å². The second-order valence-electron chi connectivity index (χ2n) is 9.22. The second-order valence-corrected chi connectivity index (χ2v) is 11.1. The van der Waals surface area contributed by atoms with Crippen LogP contribution in [-0.4, -0.2) is 50.5 Å². The lowest BCUT2D eigenvalue weighted by Gasteiger charge is -2.30. The molecule has 2 amide bonds. The molecule has 7 nitrogen and oxygen atoms in total. The lowest BCUT2D eigenvalue weighted by molar-refractivity contribution is -0.140. The fourth-order valence-electron chi connectivity index (χ4n) is 3.68. The molecule has 0 bridgehead atoms. The van der Waals surface area contributed by atoms with Crippen molar-refractivity contribution in [2.45, 2.75) is 53.1 Å². The van der Waals surface area contributed by atoms with Crippen molar-refractivity contribution in [2.75, 3.05) is 23.7 Å². The van der Waals surface area contributed by atoms with Crippen molar-refractivity contribution < 1.29 is 22.4 Å². The SMILES string of the molecule is Cc1cccc(CN(C(=O)CCCN(c2ccccc2F)S(C)(=O)=O)[C@@H](C)C(=O)NCC(C)C)c1. The Kier molecular flexibility index (Phi) is 10.2. The highest BCUT2D eigenvalue weighted by Gasteiger charge is 2.27. The highest BCUT2D eigenvalue weighted by atomic mass is 32.2. The van der Waals surface area contributed by atoms with E-state index in [-0.39, 0.29) is 49.4 Å². The van der Waals surface area contributed by atoms with Crippen LogP contribution in [0.15, 0.2) is 48.5 Å². The molecule has 35 heavy (non-hydrogen) atoms. The van der Waals surface area contributed by atoms with Gasteiger partial charge >= 0.3 is 0 Å². The molecule has 0 unspecified atom stereocenters. The predicted molar refractivity (Wildman–Crippen MR) is 137 cm³/mol. The van der Waals surface area contributed by atoms with Crippen LogP contribution in [0.1, 0.15) is 44.7 Å². The highest BCUT2D eigenvalue weighted by molar-refractivity contribution is 7.92. The maximum atomic E-state index is 14.3. The van der Waals surface area contributed by atoms with Crippen molar-refractivity contribution in [3.63, 3.8) is 0 Å². The van der Waals surface area contributed by atoms with Crippen LogP contribution in [0.2, 0.25) is 0 Å². The molecule has 0 radical (unpaired) electrons. The van der Waals surface area contributed by atoms with Gasteiger partial charge in [-0.3, -0.25) is 13.9 Å². The number of hydrogen-bond donors (Lipinski definition) is 1. The summed E-state index contributed by atoms with van der Waals surface area (Å²) in [4.78, 5) is 27.5. The number of carbonyl (C=O) groups is 2. The molecule has 0 aliphatic heterocycles. The van der Waals surface area contributed by atoms with Gasteiger partial charge in [-0.05, 0) is 43.9 Å². The summed E-state index contributed by atoms with van der Waals surface area (Å²) < 4.78 is 39.8. The second kappa shape index (κ2) is 12.7. The molecule has 0 heterocycles. The van der Waals surface area contributed by atoms with E-state index in [1.54, 1.807) is 13.0 Å². The number of halogens is 1. The van der Waals surface area contributed by atoms with Crippen LogP contribution in [0.25, 0.3) is 0 Å². The van der Waals surface area contributed by atoms with Gasteiger partial charge < -0.3 is 10.2 Å². The van der Waals surface area contributed by atoms with E-state index in [1.807, 2.05) is 45.0 Å². The first kappa shape index (κ1) is 28.3. The van der Waals surface area contributed by atoms with Crippen molar-refractivity contribution in [3.05, 3.63) is 65.5 Å². The summed E-state index contributed by atoms with van der Waals surface area (Å²) in [7, 11) is -3.75. The molecule has 1 atom stereocenters. The standard InChI is InChI=1S/C26H36FN3O4S/c1-19(2)17-28-26(32)21(4)29(18-22-11-8-10-20(3)16-22)25(31)14-9-15-30(35(5,33)34)24-13-7-6-12-23(24)27/h6-8,10-13,16,19,21H,9,14-15,17-18H2,1-5H3,(H,28,32)/t21-/m0/s1. The minimum Gasteiger partial charge on any atom is -0.354 e. The topological polar surface area (TPSA) is 86.8 Å².